The number of non-ortho nitro benzene ring substituents is 1. The molecule has 31 heavy (non-hydrogen) atoms. The number of carbonyl (C=O) groups is 2. The number of anilines is 1. The fourth-order valence-electron chi connectivity index (χ4n) is 2.24. The number of nitro benzene ring substituents is 1. The number of aromatic nitrogens is 2. The highest BCUT2D eigenvalue weighted by Gasteiger charge is 2.14. The predicted octanol–water partition coefficient (Wildman–Crippen LogP) is 3.70. The number of hydrazone groups is 1. The Morgan fingerprint density at radius 3 is 2.58 bits per heavy atom. The minimum Gasteiger partial charge on any atom is -0.296 e. The first-order valence-electron chi connectivity index (χ1n) is 8.47. The molecule has 2 amide bonds. The molecule has 0 aliphatic carbocycles. The third-order valence-electron chi connectivity index (χ3n) is 3.69. The lowest BCUT2D eigenvalue weighted by molar-refractivity contribution is -0.384. The highest BCUT2D eigenvalue weighted by atomic mass is 35.5. The predicted molar refractivity (Wildman–Crippen MR) is 117 cm³/mol. The molecule has 1 heterocycles. The van der Waals surface area contributed by atoms with E-state index in [9.17, 15) is 19.7 Å². The second kappa shape index (κ2) is 10.1. The largest absolute Gasteiger partial charge is 0.296 e. The number of hydrogen-bond acceptors (Lipinski definition) is 8. The summed E-state index contributed by atoms with van der Waals surface area (Å²) < 4.78 is 0. The third-order valence-corrected chi connectivity index (χ3v) is 5.10. The van der Waals surface area contributed by atoms with E-state index in [2.05, 4.69) is 26.0 Å². The lowest BCUT2D eigenvalue weighted by Gasteiger charge is -2.00. The molecule has 0 fully saturated rings. The molecule has 0 spiro atoms. The molecule has 13 heteroatoms. The molecule has 2 N–H and O–H groups in total. The second-order valence-corrected chi connectivity index (χ2v) is 7.80. The molecular formula is C18H12Cl2N6O4S. The topological polar surface area (TPSA) is 139 Å². The van der Waals surface area contributed by atoms with Gasteiger partial charge in [-0.3, -0.25) is 25.0 Å². The first-order valence-corrected chi connectivity index (χ1v) is 10.0. The zero-order valence-electron chi connectivity index (χ0n) is 15.4. The minimum absolute atomic E-state index is 0.100. The highest BCUT2D eigenvalue weighted by Crippen LogP contribution is 2.20. The average Bonchev–Trinajstić information content (AvgIpc) is 3.16. The van der Waals surface area contributed by atoms with Crippen molar-refractivity contribution in [2.75, 3.05) is 5.32 Å². The first kappa shape index (κ1) is 22.3. The van der Waals surface area contributed by atoms with Crippen molar-refractivity contribution in [2.45, 2.75) is 6.42 Å². The SMILES string of the molecule is O=C(Cc1nnc(NC(=O)c2ccc([N+](=O)[O-])cc2)s1)NN=Cc1ccc(Cl)cc1Cl. The van der Waals surface area contributed by atoms with E-state index in [1.54, 1.807) is 18.2 Å². The van der Waals surface area contributed by atoms with Crippen LogP contribution in [0.15, 0.2) is 47.6 Å². The van der Waals surface area contributed by atoms with E-state index in [0.717, 1.165) is 11.3 Å². The van der Waals surface area contributed by atoms with Crippen LogP contribution < -0.4 is 10.7 Å². The Bertz CT molecular complexity index is 1170. The minimum atomic E-state index is -0.558. The van der Waals surface area contributed by atoms with Crippen molar-refractivity contribution in [3.8, 4) is 0 Å². The van der Waals surface area contributed by atoms with Crippen molar-refractivity contribution in [3.63, 3.8) is 0 Å². The van der Waals surface area contributed by atoms with E-state index < -0.39 is 16.7 Å². The number of carbonyl (C=O) groups excluding carboxylic acids is 2. The van der Waals surface area contributed by atoms with Gasteiger partial charge in [0.25, 0.3) is 11.6 Å². The molecule has 0 atom stereocenters. The van der Waals surface area contributed by atoms with Crippen LogP contribution in [0.25, 0.3) is 0 Å². The Balaban J connectivity index is 1.53. The maximum absolute atomic E-state index is 12.2. The van der Waals surface area contributed by atoms with Crippen LogP contribution in [0.1, 0.15) is 20.9 Å². The summed E-state index contributed by atoms with van der Waals surface area (Å²) >= 11 is 12.8. The number of nitrogens with zero attached hydrogens (tertiary/aromatic N) is 4. The van der Waals surface area contributed by atoms with Gasteiger partial charge in [-0.1, -0.05) is 40.6 Å². The normalized spacial score (nSPS) is 10.8. The van der Waals surface area contributed by atoms with Gasteiger partial charge in [-0.15, -0.1) is 10.2 Å². The number of rotatable bonds is 7. The van der Waals surface area contributed by atoms with Crippen molar-refractivity contribution in [1.82, 2.24) is 15.6 Å². The Morgan fingerprint density at radius 2 is 1.90 bits per heavy atom. The summed E-state index contributed by atoms with van der Waals surface area (Å²) in [5.41, 5.74) is 3.02. The van der Waals surface area contributed by atoms with Gasteiger partial charge in [0.15, 0.2) is 0 Å². The molecule has 2 aromatic carbocycles. The summed E-state index contributed by atoms with van der Waals surface area (Å²) in [7, 11) is 0. The van der Waals surface area contributed by atoms with Crippen molar-refractivity contribution in [2.24, 2.45) is 5.10 Å². The standard InChI is InChI=1S/C18H12Cl2N6O4S/c19-12-4-1-11(14(20)7-12)9-21-23-15(27)8-16-24-25-18(31-16)22-17(28)10-2-5-13(6-3-10)26(29)30/h1-7,9H,8H2,(H,23,27)(H,22,25,28). The third kappa shape index (κ3) is 6.28. The molecule has 0 saturated carbocycles. The van der Waals surface area contributed by atoms with Crippen LogP contribution >= 0.6 is 34.5 Å². The molecule has 0 radical (unpaired) electrons. The summed E-state index contributed by atoms with van der Waals surface area (Å²) in [5, 5.41) is 26.1. The molecule has 0 aliphatic heterocycles. The van der Waals surface area contributed by atoms with E-state index >= 15 is 0 Å². The summed E-state index contributed by atoms with van der Waals surface area (Å²) in [6, 6.07) is 9.96. The van der Waals surface area contributed by atoms with Gasteiger partial charge in [0.05, 0.1) is 22.6 Å². The van der Waals surface area contributed by atoms with Crippen LogP contribution in [-0.4, -0.2) is 33.1 Å². The van der Waals surface area contributed by atoms with Crippen molar-refractivity contribution >= 4 is 63.4 Å². The van der Waals surface area contributed by atoms with Gasteiger partial charge in [-0.25, -0.2) is 5.43 Å². The Hall–Kier alpha value is -3.41. The van der Waals surface area contributed by atoms with Gasteiger partial charge >= 0.3 is 0 Å². The second-order valence-electron chi connectivity index (χ2n) is 5.89. The molecule has 0 aliphatic rings. The molecule has 158 valence electrons. The summed E-state index contributed by atoms with van der Waals surface area (Å²) in [6.07, 6.45) is 1.28. The summed E-state index contributed by atoms with van der Waals surface area (Å²) in [4.78, 5) is 34.3. The molecule has 0 saturated heterocycles. The van der Waals surface area contributed by atoms with Gasteiger partial charge in [-0.2, -0.15) is 5.10 Å². The van der Waals surface area contributed by atoms with Crippen LogP contribution in [-0.2, 0) is 11.2 Å². The number of hydrogen-bond donors (Lipinski definition) is 2. The fraction of sp³-hybridized carbons (Fsp3) is 0.0556. The molecule has 0 bridgehead atoms. The number of halogens is 2. The van der Waals surface area contributed by atoms with Gasteiger partial charge < -0.3 is 0 Å². The molecular weight excluding hydrogens is 467 g/mol. The van der Waals surface area contributed by atoms with Crippen molar-refractivity contribution in [1.29, 1.82) is 0 Å². The van der Waals surface area contributed by atoms with E-state index in [1.165, 1.54) is 30.5 Å². The smallest absolute Gasteiger partial charge is 0.269 e. The van der Waals surface area contributed by atoms with Crippen molar-refractivity contribution in [3.05, 3.63) is 78.8 Å². The molecule has 3 aromatic rings. The maximum atomic E-state index is 12.2. The molecule has 10 nitrogen and oxygen atoms in total. The van der Waals surface area contributed by atoms with Gasteiger partial charge in [0.2, 0.25) is 11.0 Å². The maximum Gasteiger partial charge on any atom is 0.269 e. The Kier molecular flexibility index (Phi) is 7.23. The summed E-state index contributed by atoms with van der Waals surface area (Å²) in [5.74, 6) is -0.947. The first-order chi connectivity index (χ1) is 14.8. The molecule has 0 unspecified atom stereocenters. The highest BCUT2D eigenvalue weighted by molar-refractivity contribution is 7.15. The van der Waals surface area contributed by atoms with E-state index in [4.69, 9.17) is 23.2 Å². The molecule has 1 aromatic heterocycles. The fourth-order valence-corrected chi connectivity index (χ4v) is 3.43. The number of benzene rings is 2. The quantitative estimate of drug-likeness (QED) is 0.301. The van der Waals surface area contributed by atoms with Gasteiger partial charge in [-0.05, 0) is 24.3 Å². The van der Waals surface area contributed by atoms with Crippen LogP contribution in [0.2, 0.25) is 10.0 Å². The van der Waals surface area contributed by atoms with E-state index in [0.29, 0.717) is 20.6 Å². The summed E-state index contributed by atoms with van der Waals surface area (Å²) in [6.45, 7) is 0. The van der Waals surface area contributed by atoms with E-state index in [1.807, 2.05) is 0 Å². The zero-order chi connectivity index (χ0) is 22.4. The Labute approximate surface area is 189 Å². The van der Waals surface area contributed by atoms with Crippen LogP contribution in [0, 0.1) is 10.1 Å². The Morgan fingerprint density at radius 1 is 1.16 bits per heavy atom. The van der Waals surface area contributed by atoms with Crippen LogP contribution in [0.3, 0.4) is 0 Å². The monoisotopic (exact) mass is 478 g/mol. The van der Waals surface area contributed by atoms with Crippen LogP contribution in [0.4, 0.5) is 10.8 Å². The van der Waals surface area contributed by atoms with Crippen molar-refractivity contribution < 1.29 is 14.5 Å². The van der Waals surface area contributed by atoms with E-state index in [-0.39, 0.29) is 22.8 Å². The lowest BCUT2D eigenvalue weighted by atomic mass is 10.2. The van der Waals surface area contributed by atoms with Crippen LogP contribution in [0.5, 0.6) is 0 Å². The zero-order valence-corrected chi connectivity index (χ0v) is 17.7. The number of amides is 2. The number of nitro groups is 1. The average molecular weight is 479 g/mol. The lowest BCUT2D eigenvalue weighted by Crippen LogP contribution is -2.19. The van der Waals surface area contributed by atoms with Gasteiger partial charge in [0.1, 0.15) is 5.01 Å². The van der Waals surface area contributed by atoms with Gasteiger partial charge in [0, 0.05) is 28.3 Å². The molecule has 3 rings (SSSR count). The number of nitrogens with one attached hydrogen (secondary N) is 2.